The van der Waals surface area contributed by atoms with Crippen molar-refractivity contribution in [2.75, 3.05) is 5.32 Å². The topological polar surface area (TPSA) is 37.8 Å². The van der Waals surface area contributed by atoms with E-state index in [-0.39, 0.29) is 11.1 Å². The Labute approximate surface area is 130 Å². The van der Waals surface area contributed by atoms with Crippen LogP contribution in [0.1, 0.15) is 16.0 Å². The lowest BCUT2D eigenvalue weighted by molar-refractivity contribution is 0.627. The van der Waals surface area contributed by atoms with E-state index in [1.54, 1.807) is 23.5 Å². The van der Waals surface area contributed by atoms with E-state index in [1.165, 1.54) is 17.0 Å². The first-order chi connectivity index (χ1) is 10.0. The van der Waals surface area contributed by atoms with Gasteiger partial charge in [-0.05, 0) is 48.7 Å². The standard InChI is InChI=1S/C15H13ClFN3S/c1-8-9(2)21-14-12(8)13(19-15(16)20-14)18-7-10-3-5-11(17)6-4-10/h3-6H,7H2,1-2H3,(H,18,19,20). The molecule has 3 aromatic rings. The summed E-state index contributed by atoms with van der Waals surface area (Å²) in [6.45, 7) is 4.66. The molecule has 108 valence electrons. The molecule has 1 N–H and O–H groups in total. The quantitative estimate of drug-likeness (QED) is 0.710. The first-order valence-corrected chi connectivity index (χ1v) is 7.65. The number of rotatable bonds is 3. The number of halogens is 2. The van der Waals surface area contributed by atoms with Gasteiger partial charge in [0.25, 0.3) is 0 Å². The van der Waals surface area contributed by atoms with E-state index in [0.29, 0.717) is 6.54 Å². The van der Waals surface area contributed by atoms with Crippen molar-refractivity contribution >= 4 is 39.0 Å². The summed E-state index contributed by atoms with van der Waals surface area (Å²) in [5.74, 6) is 0.478. The summed E-state index contributed by atoms with van der Waals surface area (Å²) in [5.41, 5.74) is 2.14. The van der Waals surface area contributed by atoms with Crippen molar-refractivity contribution in [1.82, 2.24) is 9.97 Å². The fourth-order valence-electron chi connectivity index (χ4n) is 2.14. The number of hydrogen-bond donors (Lipinski definition) is 1. The fourth-order valence-corrected chi connectivity index (χ4v) is 3.39. The molecular weight excluding hydrogens is 309 g/mol. The highest BCUT2D eigenvalue weighted by Gasteiger charge is 2.13. The summed E-state index contributed by atoms with van der Waals surface area (Å²) < 4.78 is 12.9. The molecule has 0 amide bonds. The maximum atomic E-state index is 12.9. The average molecular weight is 322 g/mol. The SMILES string of the molecule is Cc1sc2nc(Cl)nc(NCc3ccc(F)cc3)c2c1C. The summed E-state index contributed by atoms with van der Waals surface area (Å²) in [4.78, 5) is 10.6. The van der Waals surface area contributed by atoms with E-state index in [2.05, 4.69) is 29.1 Å². The molecule has 0 radical (unpaired) electrons. The largest absolute Gasteiger partial charge is 0.365 e. The van der Waals surface area contributed by atoms with Gasteiger partial charge in [-0.15, -0.1) is 11.3 Å². The molecule has 3 nitrogen and oxygen atoms in total. The summed E-state index contributed by atoms with van der Waals surface area (Å²) in [7, 11) is 0. The van der Waals surface area contributed by atoms with Crippen LogP contribution in [-0.2, 0) is 6.54 Å². The van der Waals surface area contributed by atoms with E-state index in [0.717, 1.165) is 27.2 Å². The van der Waals surface area contributed by atoms with Crippen LogP contribution in [0.3, 0.4) is 0 Å². The normalized spacial score (nSPS) is 11.0. The summed E-state index contributed by atoms with van der Waals surface area (Å²) >= 11 is 7.59. The lowest BCUT2D eigenvalue weighted by Crippen LogP contribution is -2.03. The van der Waals surface area contributed by atoms with Crippen LogP contribution in [0.15, 0.2) is 24.3 Å². The molecule has 2 heterocycles. The summed E-state index contributed by atoms with van der Waals surface area (Å²) in [6, 6.07) is 6.38. The van der Waals surface area contributed by atoms with E-state index in [4.69, 9.17) is 11.6 Å². The highest BCUT2D eigenvalue weighted by atomic mass is 35.5. The van der Waals surface area contributed by atoms with Gasteiger partial charge in [0.15, 0.2) is 0 Å². The van der Waals surface area contributed by atoms with Gasteiger partial charge < -0.3 is 5.32 Å². The van der Waals surface area contributed by atoms with Crippen LogP contribution in [0.25, 0.3) is 10.2 Å². The molecule has 0 saturated carbocycles. The number of benzene rings is 1. The Hall–Kier alpha value is -1.72. The molecule has 0 aliphatic carbocycles. The average Bonchev–Trinajstić information content (AvgIpc) is 2.73. The van der Waals surface area contributed by atoms with E-state index < -0.39 is 0 Å². The minimum Gasteiger partial charge on any atom is -0.365 e. The number of aromatic nitrogens is 2. The van der Waals surface area contributed by atoms with Gasteiger partial charge in [-0.25, -0.2) is 14.4 Å². The molecule has 3 rings (SSSR count). The molecule has 0 spiro atoms. The number of nitrogens with one attached hydrogen (secondary N) is 1. The van der Waals surface area contributed by atoms with Crippen LogP contribution in [0.2, 0.25) is 5.28 Å². The minimum absolute atomic E-state index is 0.227. The number of fused-ring (bicyclic) bond motifs is 1. The second kappa shape index (κ2) is 5.58. The van der Waals surface area contributed by atoms with Crippen molar-refractivity contribution in [3.63, 3.8) is 0 Å². The van der Waals surface area contributed by atoms with Crippen molar-refractivity contribution in [3.8, 4) is 0 Å². The van der Waals surface area contributed by atoms with Crippen molar-refractivity contribution in [2.24, 2.45) is 0 Å². The number of thiophene rings is 1. The van der Waals surface area contributed by atoms with Gasteiger partial charge in [-0.3, -0.25) is 0 Å². The molecule has 0 saturated heterocycles. The van der Waals surface area contributed by atoms with Crippen molar-refractivity contribution in [3.05, 3.63) is 51.4 Å². The molecular formula is C15H13ClFN3S. The molecule has 0 aliphatic rings. The monoisotopic (exact) mass is 321 g/mol. The lowest BCUT2D eigenvalue weighted by Gasteiger charge is -2.08. The Morgan fingerprint density at radius 3 is 2.62 bits per heavy atom. The van der Waals surface area contributed by atoms with Gasteiger partial charge in [0.05, 0.1) is 5.39 Å². The summed E-state index contributed by atoms with van der Waals surface area (Å²) in [5, 5.41) is 4.50. The van der Waals surface area contributed by atoms with E-state index in [9.17, 15) is 4.39 Å². The Morgan fingerprint density at radius 1 is 1.19 bits per heavy atom. The third kappa shape index (κ3) is 2.84. The van der Waals surface area contributed by atoms with Gasteiger partial charge >= 0.3 is 0 Å². The molecule has 1 aromatic carbocycles. The molecule has 0 bridgehead atoms. The van der Waals surface area contributed by atoms with Gasteiger partial charge in [0.2, 0.25) is 5.28 Å². The minimum atomic E-state index is -0.240. The van der Waals surface area contributed by atoms with E-state index in [1.807, 2.05) is 0 Å². The molecule has 21 heavy (non-hydrogen) atoms. The molecule has 0 aliphatic heterocycles. The number of anilines is 1. The lowest BCUT2D eigenvalue weighted by atomic mass is 10.2. The third-order valence-corrected chi connectivity index (χ3v) is 4.64. The highest BCUT2D eigenvalue weighted by Crippen LogP contribution is 2.34. The van der Waals surface area contributed by atoms with Crippen molar-refractivity contribution in [2.45, 2.75) is 20.4 Å². The number of nitrogens with zero attached hydrogens (tertiary/aromatic N) is 2. The van der Waals surface area contributed by atoms with Crippen LogP contribution in [-0.4, -0.2) is 9.97 Å². The zero-order valence-corrected chi connectivity index (χ0v) is 13.1. The predicted octanol–water partition coefficient (Wildman–Crippen LogP) is 4.71. The van der Waals surface area contributed by atoms with Crippen molar-refractivity contribution < 1.29 is 4.39 Å². The van der Waals surface area contributed by atoms with E-state index >= 15 is 0 Å². The van der Waals surface area contributed by atoms with Crippen LogP contribution < -0.4 is 5.32 Å². The Bertz CT molecular complexity index is 799. The molecule has 6 heteroatoms. The Balaban J connectivity index is 1.94. The Kier molecular flexibility index (Phi) is 3.78. The molecule has 0 atom stereocenters. The fraction of sp³-hybridized carbons (Fsp3) is 0.200. The van der Waals surface area contributed by atoms with Crippen LogP contribution in [0.4, 0.5) is 10.2 Å². The zero-order valence-electron chi connectivity index (χ0n) is 11.6. The van der Waals surface area contributed by atoms with Crippen molar-refractivity contribution in [1.29, 1.82) is 0 Å². The third-order valence-electron chi connectivity index (χ3n) is 3.37. The second-order valence-corrected chi connectivity index (χ2v) is 6.33. The van der Waals surface area contributed by atoms with Gasteiger partial charge in [0, 0.05) is 11.4 Å². The molecule has 0 unspecified atom stereocenters. The predicted molar refractivity (Wildman–Crippen MR) is 85.6 cm³/mol. The smallest absolute Gasteiger partial charge is 0.225 e. The van der Waals surface area contributed by atoms with Crippen LogP contribution in [0.5, 0.6) is 0 Å². The zero-order chi connectivity index (χ0) is 15.0. The highest BCUT2D eigenvalue weighted by molar-refractivity contribution is 7.18. The Morgan fingerprint density at radius 2 is 1.90 bits per heavy atom. The molecule has 2 aromatic heterocycles. The summed E-state index contributed by atoms with van der Waals surface area (Å²) in [6.07, 6.45) is 0. The first kappa shape index (κ1) is 14.2. The number of hydrogen-bond acceptors (Lipinski definition) is 4. The second-order valence-electron chi connectivity index (χ2n) is 4.78. The van der Waals surface area contributed by atoms with Crippen LogP contribution >= 0.6 is 22.9 Å². The molecule has 0 fully saturated rings. The van der Waals surface area contributed by atoms with Gasteiger partial charge in [-0.1, -0.05) is 12.1 Å². The number of aryl methyl sites for hydroxylation is 2. The van der Waals surface area contributed by atoms with Gasteiger partial charge in [-0.2, -0.15) is 0 Å². The first-order valence-electron chi connectivity index (χ1n) is 6.46. The van der Waals surface area contributed by atoms with Gasteiger partial charge in [0.1, 0.15) is 16.5 Å². The van der Waals surface area contributed by atoms with Crippen LogP contribution in [0, 0.1) is 19.7 Å². The maximum Gasteiger partial charge on any atom is 0.225 e. The maximum absolute atomic E-state index is 12.9.